The molecule has 0 spiro atoms. The first-order valence-corrected chi connectivity index (χ1v) is 6.69. The minimum Gasteiger partial charge on any atom is -0.398 e. The second kappa shape index (κ2) is 4.70. The van der Waals surface area contributed by atoms with Crippen molar-refractivity contribution in [3.8, 4) is 10.6 Å². The Hall–Kier alpha value is -2.15. The summed E-state index contributed by atoms with van der Waals surface area (Å²) in [6, 6.07) is 7.27. The van der Waals surface area contributed by atoms with Crippen molar-refractivity contribution in [3.63, 3.8) is 0 Å². The fourth-order valence-electron chi connectivity index (χ4n) is 1.95. The zero-order valence-electron chi connectivity index (χ0n) is 10.4. The molecule has 0 atom stereocenters. The predicted octanol–water partition coefficient (Wildman–Crippen LogP) is 4.70. The van der Waals surface area contributed by atoms with Gasteiger partial charge in [-0.25, -0.2) is 9.37 Å². The fraction of sp³-hybridized carbons (Fsp3) is 0.0714. The van der Waals surface area contributed by atoms with E-state index in [1.54, 1.807) is 6.07 Å². The molecule has 0 aliphatic carbocycles. The molecule has 0 bridgehead atoms. The summed E-state index contributed by atoms with van der Waals surface area (Å²) in [6.45, 7) is 0. The number of halogens is 4. The molecule has 0 saturated heterocycles. The zero-order valence-corrected chi connectivity index (χ0v) is 11.2. The first kappa shape index (κ1) is 13.8. The molecular formula is C14H8F4N2S. The lowest BCUT2D eigenvalue weighted by Gasteiger charge is -2.09. The molecule has 1 heterocycles. The van der Waals surface area contributed by atoms with Crippen molar-refractivity contribution in [2.75, 3.05) is 5.73 Å². The normalized spacial score (nSPS) is 12.0. The number of aromatic nitrogens is 1. The Morgan fingerprint density at radius 1 is 1.05 bits per heavy atom. The van der Waals surface area contributed by atoms with E-state index >= 15 is 0 Å². The highest BCUT2D eigenvalue weighted by Gasteiger charge is 2.31. The highest BCUT2D eigenvalue weighted by molar-refractivity contribution is 7.21. The molecule has 3 aromatic rings. The number of anilines is 1. The number of benzene rings is 2. The SMILES string of the molecule is Nc1cc(C(F)(F)F)ccc1-c1nc2cc(F)ccc2s1. The van der Waals surface area contributed by atoms with Gasteiger partial charge in [-0.15, -0.1) is 11.3 Å². The molecule has 0 radical (unpaired) electrons. The van der Waals surface area contributed by atoms with E-state index < -0.39 is 17.6 Å². The maximum atomic E-state index is 13.1. The van der Waals surface area contributed by atoms with Crippen LogP contribution in [-0.2, 0) is 6.18 Å². The lowest BCUT2D eigenvalue weighted by atomic mass is 10.1. The van der Waals surface area contributed by atoms with Crippen molar-refractivity contribution < 1.29 is 17.6 Å². The topological polar surface area (TPSA) is 38.9 Å². The van der Waals surface area contributed by atoms with Gasteiger partial charge in [0.25, 0.3) is 0 Å². The predicted molar refractivity (Wildman–Crippen MR) is 74.4 cm³/mol. The summed E-state index contributed by atoms with van der Waals surface area (Å²) in [7, 11) is 0. The number of nitrogen functional groups attached to an aromatic ring is 1. The minimum absolute atomic E-state index is 0.00986. The van der Waals surface area contributed by atoms with E-state index in [2.05, 4.69) is 4.98 Å². The van der Waals surface area contributed by atoms with Crippen molar-refractivity contribution in [1.82, 2.24) is 4.98 Å². The smallest absolute Gasteiger partial charge is 0.398 e. The molecule has 7 heteroatoms. The highest BCUT2D eigenvalue weighted by Crippen LogP contribution is 2.37. The number of fused-ring (bicyclic) bond motifs is 1. The minimum atomic E-state index is -4.44. The molecule has 0 aliphatic rings. The van der Waals surface area contributed by atoms with Gasteiger partial charge in [-0.1, -0.05) is 0 Å². The second-order valence-corrected chi connectivity index (χ2v) is 5.46. The lowest BCUT2D eigenvalue weighted by molar-refractivity contribution is -0.137. The first-order valence-electron chi connectivity index (χ1n) is 5.88. The van der Waals surface area contributed by atoms with Gasteiger partial charge in [0.1, 0.15) is 10.8 Å². The molecule has 0 saturated carbocycles. The zero-order chi connectivity index (χ0) is 15.2. The molecule has 0 aliphatic heterocycles. The Bertz CT molecular complexity index is 823. The average Bonchev–Trinajstić information content (AvgIpc) is 2.80. The number of hydrogen-bond acceptors (Lipinski definition) is 3. The molecule has 1 aromatic heterocycles. The Morgan fingerprint density at radius 3 is 2.48 bits per heavy atom. The van der Waals surface area contributed by atoms with E-state index in [1.165, 1.54) is 29.5 Å². The van der Waals surface area contributed by atoms with Gasteiger partial charge in [-0.2, -0.15) is 13.2 Å². The Balaban J connectivity index is 2.10. The monoisotopic (exact) mass is 312 g/mol. The number of rotatable bonds is 1. The van der Waals surface area contributed by atoms with Crippen molar-refractivity contribution >= 4 is 27.2 Å². The lowest BCUT2D eigenvalue weighted by Crippen LogP contribution is -2.05. The summed E-state index contributed by atoms with van der Waals surface area (Å²) < 4.78 is 51.7. The average molecular weight is 312 g/mol. The van der Waals surface area contributed by atoms with Gasteiger partial charge in [-0.3, -0.25) is 0 Å². The van der Waals surface area contributed by atoms with Gasteiger partial charge in [-0.05, 0) is 30.3 Å². The van der Waals surface area contributed by atoms with Crippen LogP contribution in [0.4, 0.5) is 23.2 Å². The van der Waals surface area contributed by atoms with Gasteiger partial charge in [0.15, 0.2) is 0 Å². The maximum Gasteiger partial charge on any atom is 0.416 e. The van der Waals surface area contributed by atoms with Gasteiger partial charge in [0.05, 0.1) is 15.8 Å². The van der Waals surface area contributed by atoms with Crippen molar-refractivity contribution in [3.05, 3.63) is 47.8 Å². The second-order valence-electron chi connectivity index (χ2n) is 4.43. The number of nitrogens with two attached hydrogens (primary N) is 1. The Labute approximate surface area is 120 Å². The summed E-state index contributed by atoms with van der Waals surface area (Å²) in [4.78, 5) is 4.21. The first-order chi connectivity index (χ1) is 9.84. The molecule has 108 valence electrons. The van der Waals surface area contributed by atoms with Crippen molar-refractivity contribution in [2.24, 2.45) is 0 Å². The third kappa shape index (κ3) is 2.56. The standard InChI is InChI=1S/C14H8F4N2S/c15-8-2-4-12-11(6-8)20-13(21-12)9-3-1-7(5-10(9)19)14(16,17)18/h1-6H,19H2. The van der Waals surface area contributed by atoms with E-state index in [9.17, 15) is 17.6 Å². The summed E-state index contributed by atoms with van der Waals surface area (Å²) in [5, 5.41) is 0.460. The summed E-state index contributed by atoms with van der Waals surface area (Å²) >= 11 is 1.25. The van der Waals surface area contributed by atoms with Crippen LogP contribution >= 0.6 is 11.3 Å². The van der Waals surface area contributed by atoms with E-state index in [0.29, 0.717) is 16.1 Å². The van der Waals surface area contributed by atoms with Crippen LogP contribution in [-0.4, -0.2) is 4.98 Å². The number of nitrogens with zero attached hydrogens (tertiary/aromatic N) is 1. The summed E-state index contributed by atoms with van der Waals surface area (Å²) in [5.74, 6) is -0.417. The number of hydrogen-bond donors (Lipinski definition) is 1. The van der Waals surface area contributed by atoms with Crippen LogP contribution in [0.2, 0.25) is 0 Å². The van der Waals surface area contributed by atoms with E-state index in [0.717, 1.165) is 16.8 Å². The summed E-state index contributed by atoms with van der Waals surface area (Å²) in [6.07, 6.45) is -4.44. The van der Waals surface area contributed by atoms with Crippen LogP contribution in [0.15, 0.2) is 36.4 Å². The van der Waals surface area contributed by atoms with Crippen molar-refractivity contribution in [1.29, 1.82) is 0 Å². The maximum absolute atomic E-state index is 13.1. The van der Waals surface area contributed by atoms with Crippen LogP contribution in [0.5, 0.6) is 0 Å². The van der Waals surface area contributed by atoms with Crippen LogP contribution in [0.25, 0.3) is 20.8 Å². The van der Waals surface area contributed by atoms with Crippen LogP contribution in [0, 0.1) is 5.82 Å². The number of thiazole rings is 1. The van der Waals surface area contributed by atoms with Gasteiger partial charge in [0, 0.05) is 17.3 Å². The van der Waals surface area contributed by atoms with Gasteiger partial charge >= 0.3 is 6.18 Å². The van der Waals surface area contributed by atoms with Crippen molar-refractivity contribution in [2.45, 2.75) is 6.18 Å². The van der Waals surface area contributed by atoms with E-state index in [-0.39, 0.29) is 5.69 Å². The third-order valence-corrected chi connectivity index (χ3v) is 4.03. The molecule has 3 rings (SSSR count). The largest absolute Gasteiger partial charge is 0.416 e. The Morgan fingerprint density at radius 2 is 1.81 bits per heavy atom. The molecule has 2 N–H and O–H groups in total. The third-order valence-electron chi connectivity index (χ3n) is 2.96. The van der Waals surface area contributed by atoms with Crippen LogP contribution < -0.4 is 5.73 Å². The highest BCUT2D eigenvalue weighted by atomic mass is 32.1. The molecule has 2 nitrogen and oxygen atoms in total. The molecular weight excluding hydrogens is 304 g/mol. The molecule has 2 aromatic carbocycles. The summed E-state index contributed by atoms with van der Waals surface area (Å²) in [5.41, 5.74) is 5.74. The Kier molecular flexibility index (Phi) is 3.09. The van der Waals surface area contributed by atoms with Crippen LogP contribution in [0.1, 0.15) is 5.56 Å². The van der Waals surface area contributed by atoms with E-state index in [1.807, 2.05) is 0 Å². The molecule has 0 amide bonds. The van der Waals surface area contributed by atoms with Gasteiger partial charge in [0.2, 0.25) is 0 Å². The van der Waals surface area contributed by atoms with E-state index in [4.69, 9.17) is 5.73 Å². The molecule has 21 heavy (non-hydrogen) atoms. The molecule has 0 unspecified atom stereocenters. The molecule has 0 fully saturated rings. The quantitative estimate of drug-likeness (QED) is 0.522. The number of alkyl halides is 3. The van der Waals surface area contributed by atoms with Gasteiger partial charge < -0.3 is 5.73 Å². The van der Waals surface area contributed by atoms with Crippen LogP contribution in [0.3, 0.4) is 0 Å². The fourth-order valence-corrected chi connectivity index (χ4v) is 2.94.